The van der Waals surface area contributed by atoms with E-state index in [9.17, 15) is 22.0 Å². The minimum Gasteiger partial charge on any atom is -0.478 e. The van der Waals surface area contributed by atoms with Crippen LogP contribution in [0.4, 0.5) is 8.78 Å². The first-order valence-corrected chi connectivity index (χ1v) is 7.97. The Morgan fingerprint density at radius 1 is 1.38 bits per heavy atom. The summed E-state index contributed by atoms with van der Waals surface area (Å²) in [5, 5.41) is 8.86. The number of rotatable bonds is 6. The number of carboxylic acid groups (broad SMARTS) is 1. The Labute approximate surface area is 121 Å². The van der Waals surface area contributed by atoms with Gasteiger partial charge in [0, 0.05) is 12.6 Å². The second-order valence-corrected chi connectivity index (χ2v) is 6.78. The molecule has 2 rings (SSSR count). The van der Waals surface area contributed by atoms with E-state index in [-0.39, 0.29) is 12.6 Å². The molecule has 0 unspecified atom stereocenters. The van der Waals surface area contributed by atoms with E-state index < -0.39 is 38.1 Å². The van der Waals surface area contributed by atoms with Crippen molar-refractivity contribution in [2.24, 2.45) is 0 Å². The maximum absolute atomic E-state index is 13.9. The van der Waals surface area contributed by atoms with Crippen LogP contribution in [-0.4, -0.2) is 36.4 Å². The summed E-state index contributed by atoms with van der Waals surface area (Å²) in [7, 11) is -4.25. The molecule has 0 amide bonds. The fourth-order valence-corrected chi connectivity index (χ4v) is 3.96. The van der Waals surface area contributed by atoms with Gasteiger partial charge in [0.05, 0.1) is 5.56 Å². The zero-order valence-corrected chi connectivity index (χ0v) is 12.2. The summed E-state index contributed by atoms with van der Waals surface area (Å²) in [6, 6.07) is 0.921. The zero-order valence-electron chi connectivity index (χ0n) is 11.3. The topological polar surface area (TPSA) is 74.7 Å². The number of carbonyl (C=O) groups is 1. The molecule has 1 aromatic rings. The fraction of sp³-hybridized carbons (Fsp3) is 0.462. The van der Waals surface area contributed by atoms with Crippen LogP contribution in [0.25, 0.3) is 0 Å². The summed E-state index contributed by atoms with van der Waals surface area (Å²) in [6.45, 7) is 1.96. The maximum atomic E-state index is 13.9. The van der Waals surface area contributed by atoms with Gasteiger partial charge in [-0.15, -0.1) is 0 Å². The van der Waals surface area contributed by atoms with Crippen LogP contribution in [0.5, 0.6) is 0 Å². The highest BCUT2D eigenvalue weighted by Crippen LogP contribution is 2.33. The molecule has 1 aliphatic rings. The summed E-state index contributed by atoms with van der Waals surface area (Å²) in [5.41, 5.74) is -0.597. The lowest BCUT2D eigenvalue weighted by molar-refractivity contribution is 0.0696. The van der Waals surface area contributed by atoms with E-state index >= 15 is 0 Å². The highest BCUT2D eigenvalue weighted by atomic mass is 32.2. The number of hydrogen-bond acceptors (Lipinski definition) is 3. The summed E-state index contributed by atoms with van der Waals surface area (Å²) in [5.74, 6) is -4.54. The number of aromatic carboxylic acids is 1. The number of benzene rings is 1. The van der Waals surface area contributed by atoms with Crippen molar-refractivity contribution in [3.05, 3.63) is 29.3 Å². The molecule has 5 nitrogen and oxygen atoms in total. The number of nitrogens with zero attached hydrogens (tertiary/aromatic N) is 1. The summed E-state index contributed by atoms with van der Waals surface area (Å²) in [6.07, 6.45) is 1.86. The summed E-state index contributed by atoms with van der Waals surface area (Å²) < 4.78 is 53.4. The number of sulfonamides is 1. The minimum atomic E-state index is -4.25. The molecule has 0 saturated heterocycles. The number of hydrogen-bond donors (Lipinski definition) is 1. The minimum absolute atomic E-state index is 0.186. The van der Waals surface area contributed by atoms with Crippen LogP contribution >= 0.6 is 0 Å². The SMILES string of the molecule is CCCN(C1CC1)S(=O)(=O)c1cc(C(=O)O)cc(F)c1F. The first-order chi connectivity index (χ1) is 9.78. The van der Waals surface area contributed by atoms with Gasteiger partial charge in [-0.25, -0.2) is 22.0 Å². The van der Waals surface area contributed by atoms with Crippen molar-refractivity contribution in [1.29, 1.82) is 0 Å². The molecule has 1 aromatic carbocycles. The second kappa shape index (κ2) is 5.69. The van der Waals surface area contributed by atoms with E-state index in [0.29, 0.717) is 31.4 Å². The second-order valence-electron chi connectivity index (χ2n) is 4.92. The van der Waals surface area contributed by atoms with Gasteiger partial charge in [-0.1, -0.05) is 6.92 Å². The van der Waals surface area contributed by atoms with Gasteiger partial charge in [0.2, 0.25) is 10.0 Å². The third-order valence-corrected chi connectivity index (χ3v) is 5.18. The maximum Gasteiger partial charge on any atom is 0.335 e. The van der Waals surface area contributed by atoms with Gasteiger partial charge in [-0.2, -0.15) is 4.31 Å². The third kappa shape index (κ3) is 3.06. The smallest absolute Gasteiger partial charge is 0.335 e. The highest BCUT2D eigenvalue weighted by Gasteiger charge is 2.39. The number of halogens is 2. The van der Waals surface area contributed by atoms with Crippen LogP contribution in [0.15, 0.2) is 17.0 Å². The molecule has 1 fully saturated rings. The zero-order chi connectivity index (χ0) is 15.8. The van der Waals surface area contributed by atoms with Gasteiger partial charge in [0.25, 0.3) is 0 Å². The number of carboxylic acids is 1. The molecule has 116 valence electrons. The van der Waals surface area contributed by atoms with Crippen molar-refractivity contribution in [3.63, 3.8) is 0 Å². The molecule has 1 N–H and O–H groups in total. The van der Waals surface area contributed by atoms with E-state index in [4.69, 9.17) is 5.11 Å². The molecule has 0 radical (unpaired) electrons. The van der Waals surface area contributed by atoms with Crippen LogP contribution in [0.3, 0.4) is 0 Å². The van der Waals surface area contributed by atoms with Crippen LogP contribution in [0.2, 0.25) is 0 Å². The van der Waals surface area contributed by atoms with Crippen molar-refractivity contribution in [2.75, 3.05) is 6.54 Å². The van der Waals surface area contributed by atoms with Gasteiger partial charge >= 0.3 is 5.97 Å². The van der Waals surface area contributed by atoms with E-state index in [1.807, 2.05) is 0 Å². The van der Waals surface area contributed by atoms with E-state index in [1.165, 1.54) is 0 Å². The van der Waals surface area contributed by atoms with Gasteiger partial charge < -0.3 is 5.11 Å². The van der Waals surface area contributed by atoms with Crippen molar-refractivity contribution in [3.8, 4) is 0 Å². The van der Waals surface area contributed by atoms with E-state index in [2.05, 4.69) is 0 Å². The standard InChI is InChI=1S/C13H15F2NO4S/c1-2-5-16(9-3-4-9)21(19,20)11-7-8(13(17)18)6-10(14)12(11)15/h6-7,9H,2-5H2,1H3,(H,17,18). The molecule has 8 heteroatoms. The molecule has 0 heterocycles. The van der Waals surface area contributed by atoms with Crippen LogP contribution in [0, 0.1) is 11.6 Å². The first kappa shape index (κ1) is 15.8. The van der Waals surface area contributed by atoms with Crippen LogP contribution in [-0.2, 0) is 10.0 Å². The average molecular weight is 319 g/mol. The molecule has 1 saturated carbocycles. The molecule has 0 aromatic heterocycles. The van der Waals surface area contributed by atoms with Crippen molar-refractivity contribution in [1.82, 2.24) is 4.31 Å². The molecule has 0 aliphatic heterocycles. The Bertz CT molecular complexity index is 671. The van der Waals surface area contributed by atoms with E-state index in [0.717, 1.165) is 4.31 Å². The predicted octanol–water partition coefficient (Wildman–Crippen LogP) is 2.23. The lowest BCUT2D eigenvalue weighted by atomic mass is 10.2. The van der Waals surface area contributed by atoms with Gasteiger partial charge in [-0.3, -0.25) is 0 Å². The lowest BCUT2D eigenvalue weighted by Crippen LogP contribution is -2.34. The molecular weight excluding hydrogens is 304 g/mol. The molecular formula is C13H15F2NO4S. The predicted molar refractivity (Wildman–Crippen MR) is 70.5 cm³/mol. The van der Waals surface area contributed by atoms with Crippen molar-refractivity contribution < 1.29 is 27.1 Å². The van der Waals surface area contributed by atoms with E-state index in [1.54, 1.807) is 6.92 Å². The highest BCUT2D eigenvalue weighted by molar-refractivity contribution is 7.89. The molecule has 1 aliphatic carbocycles. The molecule has 21 heavy (non-hydrogen) atoms. The van der Waals surface area contributed by atoms with Crippen LogP contribution in [0.1, 0.15) is 36.5 Å². The Morgan fingerprint density at radius 3 is 2.48 bits per heavy atom. The van der Waals surface area contributed by atoms with Crippen LogP contribution < -0.4 is 0 Å². The summed E-state index contributed by atoms with van der Waals surface area (Å²) >= 11 is 0. The molecule has 0 spiro atoms. The third-order valence-electron chi connectivity index (χ3n) is 3.23. The van der Waals surface area contributed by atoms with Gasteiger partial charge in [0.15, 0.2) is 11.6 Å². The Balaban J connectivity index is 2.55. The average Bonchev–Trinajstić information content (AvgIpc) is 3.22. The van der Waals surface area contributed by atoms with Crippen molar-refractivity contribution in [2.45, 2.75) is 37.1 Å². The Hall–Kier alpha value is -1.54. The normalized spacial score (nSPS) is 15.4. The largest absolute Gasteiger partial charge is 0.478 e. The fourth-order valence-electron chi connectivity index (χ4n) is 2.08. The van der Waals surface area contributed by atoms with Gasteiger partial charge in [0.1, 0.15) is 4.90 Å². The molecule has 0 bridgehead atoms. The Morgan fingerprint density at radius 2 is 2.00 bits per heavy atom. The monoisotopic (exact) mass is 319 g/mol. The lowest BCUT2D eigenvalue weighted by Gasteiger charge is -2.21. The van der Waals surface area contributed by atoms with Crippen molar-refractivity contribution >= 4 is 16.0 Å². The Kier molecular flexibility index (Phi) is 4.29. The molecule has 0 atom stereocenters. The quantitative estimate of drug-likeness (QED) is 0.872. The first-order valence-electron chi connectivity index (χ1n) is 6.53. The summed E-state index contributed by atoms with van der Waals surface area (Å²) in [4.78, 5) is 9.97. The van der Waals surface area contributed by atoms with Gasteiger partial charge in [-0.05, 0) is 31.4 Å².